The number of amides is 2. The van der Waals surface area contributed by atoms with Gasteiger partial charge < -0.3 is 15.0 Å². The summed E-state index contributed by atoms with van der Waals surface area (Å²) in [6.07, 6.45) is 3.70. The molecule has 5 heteroatoms. The maximum atomic E-state index is 13.0. The molecular formula is C24H30N2O3. The third-order valence-electron chi connectivity index (χ3n) is 5.54. The van der Waals surface area contributed by atoms with E-state index in [1.54, 1.807) is 19.1 Å². The molecule has 1 atom stereocenters. The molecule has 1 heterocycles. The number of ether oxygens (including phenoxy) is 1. The number of hydrogen-bond donors (Lipinski definition) is 1. The number of carbonyl (C=O) groups is 2. The highest BCUT2D eigenvalue weighted by Gasteiger charge is 2.22. The van der Waals surface area contributed by atoms with Crippen molar-refractivity contribution in [3.05, 3.63) is 59.2 Å². The van der Waals surface area contributed by atoms with Crippen LogP contribution in [0.1, 0.15) is 54.1 Å². The molecule has 0 aromatic heterocycles. The number of anilines is 1. The number of aryl methyl sites for hydroxylation is 1. The van der Waals surface area contributed by atoms with Crippen molar-refractivity contribution in [2.24, 2.45) is 0 Å². The largest absolute Gasteiger partial charge is 0.481 e. The van der Waals surface area contributed by atoms with E-state index >= 15 is 0 Å². The van der Waals surface area contributed by atoms with E-state index < -0.39 is 6.10 Å². The van der Waals surface area contributed by atoms with Crippen molar-refractivity contribution in [3.8, 4) is 5.75 Å². The summed E-state index contributed by atoms with van der Waals surface area (Å²) in [4.78, 5) is 27.7. The van der Waals surface area contributed by atoms with Crippen LogP contribution in [0.4, 0.5) is 5.69 Å². The van der Waals surface area contributed by atoms with Gasteiger partial charge >= 0.3 is 0 Å². The third-order valence-corrected chi connectivity index (χ3v) is 5.54. The van der Waals surface area contributed by atoms with E-state index in [1.807, 2.05) is 49.1 Å². The maximum Gasteiger partial charge on any atom is 0.265 e. The third kappa shape index (κ3) is 5.17. The molecule has 1 N–H and O–H groups in total. The lowest BCUT2D eigenvalue weighted by Crippen LogP contribution is -2.34. The second-order valence-electron chi connectivity index (χ2n) is 7.70. The molecule has 0 radical (unpaired) electrons. The standard InChI is InChI=1S/C24H30N2O3/c1-17-11-10-14-22(18(17)2)29-19(3)23(27)25-21-13-7-6-12-20(21)24(28)26-15-8-4-5-9-16-26/h6-7,10-14,19H,4-5,8-9,15-16H2,1-3H3,(H,25,27)/t19-/m0/s1. The van der Waals surface area contributed by atoms with E-state index in [1.165, 1.54) is 0 Å². The lowest BCUT2D eigenvalue weighted by molar-refractivity contribution is -0.122. The zero-order valence-electron chi connectivity index (χ0n) is 17.5. The molecule has 0 bridgehead atoms. The van der Waals surface area contributed by atoms with Gasteiger partial charge in [-0.15, -0.1) is 0 Å². The minimum atomic E-state index is -0.683. The second kappa shape index (κ2) is 9.59. The first-order valence-corrected chi connectivity index (χ1v) is 10.4. The number of likely N-dealkylation sites (tertiary alicyclic amines) is 1. The number of nitrogens with one attached hydrogen (secondary N) is 1. The highest BCUT2D eigenvalue weighted by atomic mass is 16.5. The van der Waals surface area contributed by atoms with Gasteiger partial charge in [-0.05, 0) is 62.9 Å². The molecule has 29 heavy (non-hydrogen) atoms. The van der Waals surface area contributed by atoms with Crippen molar-refractivity contribution >= 4 is 17.5 Å². The molecule has 5 nitrogen and oxygen atoms in total. The molecule has 0 aliphatic carbocycles. The molecule has 3 rings (SSSR count). The molecule has 2 aromatic rings. The topological polar surface area (TPSA) is 58.6 Å². The average Bonchev–Trinajstić information content (AvgIpc) is 3.01. The summed E-state index contributed by atoms with van der Waals surface area (Å²) >= 11 is 0. The van der Waals surface area contributed by atoms with Crippen molar-refractivity contribution < 1.29 is 14.3 Å². The minimum Gasteiger partial charge on any atom is -0.481 e. The molecule has 2 aromatic carbocycles. The molecule has 1 fully saturated rings. The van der Waals surface area contributed by atoms with Crippen LogP contribution < -0.4 is 10.1 Å². The molecule has 154 valence electrons. The summed E-state index contributed by atoms with van der Waals surface area (Å²) in [5, 5.41) is 2.89. The Bertz CT molecular complexity index is 870. The smallest absolute Gasteiger partial charge is 0.265 e. The summed E-state index contributed by atoms with van der Waals surface area (Å²) in [5.41, 5.74) is 3.19. The van der Waals surface area contributed by atoms with Gasteiger partial charge in [0.15, 0.2) is 6.10 Å². The van der Waals surface area contributed by atoms with Gasteiger partial charge in [0, 0.05) is 13.1 Å². The number of carbonyl (C=O) groups excluding carboxylic acids is 2. The number of benzene rings is 2. The number of para-hydroxylation sites is 1. The first kappa shape index (κ1) is 20.9. The lowest BCUT2D eigenvalue weighted by Gasteiger charge is -2.22. The SMILES string of the molecule is Cc1cccc(O[C@@H](C)C(=O)Nc2ccccc2C(=O)N2CCCCCC2)c1C. The lowest BCUT2D eigenvalue weighted by atomic mass is 10.1. The first-order valence-electron chi connectivity index (χ1n) is 10.4. The van der Waals surface area contributed by atoms with Gasteiger partial charge in [-0.3, -0.25) is 9.59 Å². The van der Waals surface area contributed by atoms with E-state index in [-0.39, 0.29) is 11.8 Å². The highest BCUT2D eigenvalue weighted by molar-refractivity contribution is 6.04. The number of hydrogen-bond acceptors (Lipinski definition) is 3. The predicted molar refractivity (Wildman–Crippen MR) is 115 cm³/mol. The fraction of sp³-hybridized carbons (Fsp3) is 0.417. The van der Waals surface area contributed by atoms with E-state index in [9.17, 15) is 9.59 Å². The molecule has 1 aliphatic heterocycles. The van der Waals surface area contributed by atoms with Crippen LogP contribution in [0.2, 0.25) is 0 Å². The second-order valence-corrected chi connectivity index (χ2v) is 7.70. The Balaban J connectivity index is 1.71. The monoisotopic (exact) mass is 394 g/mol. The van der Waals surface area contributed by atoms with Crippen molar-refractivity contribution in [1.29, 1.82) is 0 Å². The first-order chi connectivity index (χ1) is 14.0. The van der Waals surface area contributed by atoms with Crippen molar-refractivity contribution in [3.63, 3.8) is 0 Å². The van der Waals surface area contributed by atoms with E-state index in [2.05, 4.69) is 5.32 Å². The van der Waals surface area contributed by atoms with Crippen LogP contribution in [0.3, 0.4) is 0 Å². The molecule has 0 saturated carbocycles. The average molecular weight is 395 g/mol. The van der Waals surface area contributed by atoms with Crippen LogP contribution in [-0.4, -0.2) is 35.9 Å². The Kier molecular flexibility index (Phi) is 6.91. The summed E-state index contributed by atoms with van der Waals surface area (Å²) in [5.74, 6) is 0.398. The fourth-order valence-corrected chi connectivity index (χ4v) is 3.55. The van der Waals surface area contributed by atoms with Crippen molar-refractivity contribution in [2.45, 2.75) is 52.6 Å². The van der Waals surface area contributed by atoms with E-state index in [0.717, 1.165) is 49.9 Å². The predicted octanol–water partition coefficient (Wildman–Crippen LogP) is 4.73. The van der Waals surface area contributed by atoms with Gasteiger partial charge in [0.05, 0.1) is 11.3 Å². The molecule has 0 spiro atoms. The molecule has 0 unspecified atom stereocenters. The molecule has 1 saturated heterocycles. The summed E-state index contributed by atoms with van der Waals surface area (Å²) in [6, 6.07) is 13.0. The Hall–Kier alpha value is -2.82. The molecule has 2 amide bonds. The summed E-state index contributed by atoms with van der Waals surface area (Å²) in [7, 11) is 0. The van der Waals surface area contributed by atoms with Crippen LogP contribution in [0.25, 0.3) is 0 Å². The van der Waals surface area contributed by atoms with Gasteiger partial charge in [0.25, 0.3) is 11.8 Å². The van der Waals surface area contributed by atoms with Crippen LogP contribution in [-0.2, 0) is 4.79 Å². The fourth-order valence-electron chi connectivity index (χ4n) is 3.55. The van der Waals surface area contributed by atoms with Crippen LogP contribution in [0.15, 0.2) is 42.5 Å². The minimum absolute atomic E-state index is 0.0223. The number of nitrogens with zero attached hydrogens (tertiary/aromatic N) is 1. The van der Waals surface area contributed by atoms with Gasteiger partial charge in [-0.25, -0.2) is 0 Å². The van der Waals surface area contributed by atoms with Crippen LogP contribution in [0, 0.1) is 13.8 Å². The van der Waals surface area contributed by atoms with Gasteiger partial charge in [-0.2, -0.15) is 0 Å². The van der Waals surface area contributed by atoms with Crippen LogP contribution >= 0.6 is 0 Å². The zero-order valence-corrected chi connectivity index (χ0v) is 17.5. The molecule has 1 aliphatic rings. The summed E-state index contributed by atoms with van der Waals surface area (Å²) < 4.78 is 5.89. The normalized spacial score (nSPS) is 15.3. The highest BCUT2D eigenvalue weighted by Crippen LogP contribution is 2.23. The zero-order chi connectivity index (χ0) is 20.8. The Morgan fingerprint density at radius 3 is 2.38 bits per heavy atom. The Labute approximate surface area is 173 Å². The summed E-state index contributed by atoms with van der Waals surface area (Å²) in [6.45, 7) is 7.25. The maximum absolute atomic E-state index is 13.0. The van der Waals surface area contributed by atoms with Gasteiger partial charge in [0.2, 0.25) is 0 Å². The van der Waals surface area contributed by atoms with Crippen molar-refractivity contribution in [2.75, 3.05) is 18.4 Å². The Morgan fingerprint density at radius 2 is 1.66 bits per heavy atom. The van der Waals surface area contributed by atoms with Gasteiger partial charge in [-0.1, -0.05) is 37.1 Å². The van der Waals surface area contributed by atoms with Crippen LogP contribution in [0.5, 0.6) is 5.75 Å². The molecular weight excluding hydrogens is 364 g/mol. The quantitative estimate of drug-likeness (QED) is 0.798. The van der Waals surface area contributed by atoms with E-state index in [0.29, 0.717) is 17.0 Å². The van der Waals surface area contributed by atoms with Crippen molar-refractivity contribution in [1.82, 2.24) is 4.90 Å². The van der Waals surface area contributed by atoms with E-state index in [4.69, 9.17) is 4.74 Å². The van der Waals surface area contributed by atoms with Gasteiger partial charge in [0.1, 0.15) is 5.75 Å². The number of rotatable bonds is 5. The Morgan fingerprint density at radius 1 is 0.966 bits per heavy atom.